The number of nitrogens with zero attached hydrogens (tertiary/aromatic N) is 1. The van der Waals surface area contributed by atoms with Gasteiger partial charge < -0.3 is 19.7 Å². The second-order valence-electron chi connectivity index (χ2n) is 5.35. The fraction of sp³-hybridized carbons (Fsp3) is 0.222. The minimum Gasteiger partial charge on any atom is -0.486 e. The quantitative estimate of drug-likeness (QED) is 0.937. The number of carbonyl (C=O) groups excluding carboxylic acids is 2. The third-order valence-corrected chi connectivity index (χ3v) is 3.58. The van der Waals surface area contributed by atoms with Crippen molar-refractivity contribution in [3.63, 3.8) is 0 Å². The first kappa shape index (κ1) is 15.9. The van der Waals surface area contributed by atoms with Crippen LogP contribution in [0.2, 0.25) is 0 Å². The van der Waals surface area contributed by atoms with Gasteiger partial charge >= 0.3 is 0 Å². The molecule has 3 rings (SSSR count). The number of para-hydroxylation sites is 1. The normalized spacial score (nSPS) is 12.4. The SMILES string of the molecule is CC(=O)N(CC(=O)Nc1ccccc1)c1ccc2c(c1)OCCO2. The van der Waals surface area contributed by atoms with Crippen molar-refractivity contribution >= 4 is 23.2 Å². The average Bonchev–Trinajstić information content (AvgIpc) is 2.60. The molecular weight excluding hydrogens is 308 g/mol. The number of carbonyl (C=O) groups is 2. The minimum absolute atomic E-state index is 0.0795. The van der Waals surface area contributed by atoms with Crippen LogP contribution in [0.25, 0.3) is 0 Å². The molecular formula is C18H18N2O4. The summed E-state index contributed by atoms with van der Waals surface area (Å²) < 4.78 is 11.0. The number of ether oxygens (including phenoxy) is 2. The number of hydrogen-bond donors (Lipinski definition) is 1. The van der Waals surface area contributed by atoms with Crippen molar-refractivity contribution in [2.24, 2.45) is 0 Å². The standard InChI is InChI=1S/C18H18N2O4/c1-13(21)20(12-18(22)19-14-5-3-2-4-6-14)15-7-8-16-17(11-15)24-10-9-23-16/h2-8,11H,9-10,12H2,1H3,(H,19,22). The van der Waals surface area contributed by atoms with E-state index in [1.807, 2.05) is 18.2 Å². The van der Waals surface area contributed by atoms with Crippen LogP contribution in [0.1, 0.15) is 6.92 Å². The zero-order valence-electron chi connectivity index (χ0n) is 13.3. The molecule has 0 atom stereocenters. The molecule has 0 saturated heterocycles. The Bertz CT molecular complexity index is 746. The van der Waals surface area contributed by atoms with Crippen LogP contribution < -0.4 is 19.7 Å². The van der Waals surface area contributed by atoms with Crippen molar-refractivity contribution in [3.05, 3.63) is 48.5 Å². The second kappa shape index (κ2) is 7.04. The van der Waals surface area contributed by atoms with Crippen molar-refractivity contribution < 1.29 is 19.1 Å². The lowest BCUT2D eigenvalue weighted by molar-refractivity contribution is -0.120. The highest BCUT2D eigenvalue weighted by molar-refractivity contribution is 6.01. The Morgan fingerprint density at radius 3 is 2.46 bits per heavy atom. The maximum absolute atomic E-state index is 12.2. The Morgan fingerprint density at radius 2 is 1.75 bits per heavy atom. The molecule has 1 aliphatic rings. The number of fused-ring (bicyclic) bond motifs is 1. The zero-order valence-corrected chi connectivity index (χ0v) is 13.3. The lowest BCUT2D eigenvalue weighted by atomic mass is 10.2. The largest absolute Gasteiger partial charge is 0.486 e. The number of benzene rings is 2. The molecule has 2 aromatic carbocycles. The van der Waals surface area contributed by atoms with Gasteiger partial charge in [0, 0.05) is 24.4 Å². The first-order valence-corrected chi connectivity index (χ1v) is 7.66. The summed E-state index contributed by atoms with van der Waals surface area (Å²) in [7, 11) is 0. The topological polar surface area (TPSA) is 67.9 Å². The first-order chi connectivity index (χ1) is 11.6. The van der Waals surface area contributed by atoms with Crippen molar-refractivity contribution in [2.75, 3.05) is 30.0 Å². The van der Waals surface area contributed by atoms with Gasteiger partial charge in [0.05, 0.1) is 0 Å². The van der Waals surface area contributed by atoms with Gasteiger partial charge in [-0.05, 0) is 24.3 Å². The van der Waals surface area contributed by atoms with Gasteiger partial charge in [-0.15, -0.1) is 0 Å². The molecule has 0 fully saturated rings. The molecule has 6 heteroatoms. The first-order valence-electron chi connectivity index (χ1n) is 7.66. The van der Waals surface area contributed by atoms with Gasteiger partial charge in [-0.3, -0.25) is 9.59 Å². The Hall–Kier alpha value is -3.02. The number of rotatable bonds is 4. The van der Waals surface area contributed by atoms with Crippen LogP contribution in [-0.4, -0.2) is 31.6 Å². The molecule has 124 valence electrons. The van der Waals surface area contributed by atoms with Gasteiger partial charge in [0.25, 0.3) is 0 Å². The molecule has 24 heavy (non-hydrogen) atoms. The van der Waals surface area contributed by atoms with Crippen LogP contribution in [0.15, 0.2) is 48.5 Å². The molecule has 2 aromatic rings. The van der Waals surface area contributed by atoms with Gasteiger partial charge in [0.15, 0.2) is 11.5 Å². The lowest BCUT2D eigenvalue weighted by Gasteiger charge is -2.24. The average molecular weight is 326 g/mol. The maximum atomic E-state index is 12.2. The Balaban J connectivity index is 1.75. The number of hydrogen-bond acceptors (Lipinski definition) is 4. The van der Waals surface area contributed by atoms with E-state index in [9.17, 15) is 9.59 Å². The van der Waals surface area contributed by atoms with Gasteiger partial charge in [-0.25, -0.2) is 0 Å². The third-order valence-electron chi connectivity index (χ3n) is 3.58. The van der Waals surface area contributed by atoms with Gasteiger partial charge in [0.2, 0.25) is 11.8 Å². The Morgan fingerprint density at radius 1 is 1.04 bits per heavy atom. The summed E-state index contributed by atoms with van der Waals surface area (Å²) >= 11 is 0. The summed E-state index contributed by atoms with van der Waals surface area (Å²) in [5.41, 5.74) is 1.28. The number of anilines is 2. The predicted octanol–water partition coefficient (Wildman–Crippen LogP) is 2.45. The molecule has 0 unspecified atom stereocenters. The maximum Gasteiger partial charge on any atom is 0.244 e. The Kier molecular flexibility index (Phi) is 4.65. The molecule has 1 heterocycles. The smallest absolute Gasteiger partial charge is 0.244 e. The monoisotopic (exact) mass is 326 g/mol. The summed E-state index contributed by atoms with van der Waals surface area (Å²) in [5.74, 6) is 0.719. The molecule has 0 radical (unpaired) electrons. The van der Waals surface area contributed by atoms with E-state index in [1.54, 1.807) is 30.3 Å². The molecule has 1 N–H and O–H groups in total. The van der Waals surface area contributed by atoms with E-state index in [-0.39, 0.29) is 18.4 Å². The molecule has 0 bridgehead atoms. The second-order valence-corrected chi connectivity index (χ2v) is 5.35. The highest BCUT2D eigenvalue weighted by Crippen LogP contribution is 2.34. The summed E-state index contributed by atoms with van der Waals surface area (Å²) in [5, 5.41) is 2.77. The molecule has 0 saturated carbocycles. The minimum atomic E-state index is -0.272. The van der Waals surface area contributed by atoms with Crippen LogP contribution >= 0.6 is 0 Å². The van der Waals surface area contributed by atoms with Crippen LogP contribution in [0, 0.1) is 0 Å². The summed E-state index contributed by atoms with van der Waals surface area (Å²) in [6.45, 7) is 2.31. The molecule has 0 aliphatic carbocycles. The van der Waals surface area contributed by atoms with Gasteiger partial charge in [0.1, 0.15) is 19.8 Å². The van der Waals surface area contributed by atoms with Crippen LogP contribution in [-0.2, 0) is 9.59 Å². The van der Waals surface area contributed by atoms with Gasteiger partial charge in [-0.2, -0.15) is 0 Å². The highest BCUT2D eigenvalue weighted by Gasteiger charge is 2.19. The predicted molar refractivity (Wildman–Crippen MR) is 90.5 cm³/mol. The van der Waals surface area contributed by atoms with Crippen molar-refractivity contribution in [1.29, 1.82) is 0 Å². The molecule has 0 aromatic heterocycles. The van der Waals surface area contributed by atoms with E-state index in [4.69, 9.17) is 9.47 Å². The summed E-state index contributed by atoms with van der Waals surface area (Å²) in [6, 6.07) is 14.3. The number of nitrogens with one attached hydrogen (secondary N) is 1. The highest BCUT2D eigenvalue weighted by atomic mass is 16.6. The van der Waals surface area contributed by atoms with E-state index in [1.165, 1.54) is 11.8 Å². The van der Waals surface area contributed by atoms with Crippen molar-refractivity contribution in [1.82, 2.24) is 0 Å². The molecule has 6 nitrogen and oxygen atoms in total. The number of amides is 2. The summed E-state index contributed by atoms with van der Waals surface area (Å²) in [4.78, 5) is 25.6. The fourth-order valence-corrected chi connectivity index (χ4v) is 2.45. The van der Waals surface area contributed by atoms with E-state index < -0.39 is 0 Å². The third kappa shape index (κ3) is 3.65. The van der Waals surface area contributed by atoms with Crippen molar-refractivity contribution in [3.8, 4) is 11.5 Å². The Labute approximate surface area is 140 Å². The van der Waals surface area contributed by atoms with Crippen LogP contribution in [0.5, 0.6) is 11.5 Å². The van der Waals surface area contributed by atoms with Crippen LogP contribution in [0.4, 0.5) is 11.4 Å². The van der Waals surface area contributed by atoms with Crippen molar-refractivity contribution in [2.45, 2.75) is 6.92 Å². The fourth-order valence-electron chi connectivity index (χ4n) is 2.45. The van der Waals surface area contributed by atoms with Gasteiger partial charge in [-0.1, -0.05) is 18.2 Å². The molecule has 1 aliphatic heterocycles. The van der Waals surface area contributed by atoms with Crippen LogP contribution in [0.3, 0.4) is 0 Å². The van der Waals surface area contributed by atoms with E-state index in [2.05, 4.69) is 5.32 Å². The van der Waals surface area contributed by atoms with E-state index in [0.717, 1.165) is 0 Å². The van der Waals surface area contributed by atoms with E-state index >= 15 is 0 Å². The molecule has 0 spiro atoms. The molecule has 2 amide bonds. The lowest BCUT2D eigenvalue weighted by Crippen LogP contribution is -2.36. The zero-order chi connectivity index (χ0) is 16.9. The van der Waals surface area contributed by atoms with E-state index in [0.29, 0.717) is 36.1 Å². The summed E-state index contributed by atoms with van der Waals surface area (Å²) in [6.07, 6.45) is 0.